The molecule has 0 spiro atoms. The number of benzene rings is 2. The summed E-state index contributed by atoms with van der Waals surface area (Å²) in [7, 11) is -3.65. The molecule has 5 nitrogen and oxygen atoms in total. The van der Waals surface area contributed by atoms with E-state index >= 15 is 0 Å². The molecule has 2 aromatic carbocycles. The van der Waals surface area contributed by atoms with Crippen LogP contribution in [-0.4, -0.2) is 31.7 Å². The van der Waals surface area contributed by atoms with Crippen LogP contribution >= 0.6 is 0 Å². The number of hydrogen-bond acceptors (Lipinski definition) is 3. The Morgan fingerprint density at radius 3 is 2.33 bits per heavy atom. The topological polar surface area (TPSA) is 66.5 Å². The van der Waals surface area contributed by atoms with Gasteiger partial charge in [-0.2, -0.15) is 17.5 Å². The van der Waals surface area contributed by atoms with Crippen LogP contribution in [0.5, 0.6) is 0 Å². The fourth-order valence-corrected chi connectivity index (χ4v) is 4.42. The first-order valence-electron chi connectivity index (χ1n) is 8.27. The number of carbonyl (C=O) groups is 1. The summed E-state index contributed by atoms with van der Waals surface area (Å²) in [5.74, 6) is -0.753. The van der Waals surface area contributed by atoms with Gasteiger partial charge in [0.1, 0.15) is 0 Å². The van der Waals surface area contributed by atoms with E-state index in [1.54, 1.807) is 0 Å². The normalized spacial score (nSPS) is 15.7. The van der Waals surface area contributed by atoms with Crippen LogP contribution in [0.15, 0.2) is 53.4 Å². The van der Waals surface area contributed by atoms with Gasteiger partial charge in [-0.3, -0.25) is 4.79 Å². The molecule has 1 N–H and O–H groups in total. The molecule has 1 saturated heterocycles. The molecule has 1 fully saturated rings. The summed E-state index contributed by atoms with van der Waals surface area (Å²) in [6.07, 6.45) is -2.96. The van der Waals surface area contributed by atoms with Crippen molar-refractivity contribution in [2.45, 2.75) is 23.9 Å². The Kier molecular flexibility index (Phi) is 5.25. The Morgan fingerprint density at radius 2 is 1.67 bits per heavy atom. The van der Waals surface area contributed by atoms with Crippen LogP contribution in [-0.2, 0) is 16.2 Å². The quantitative estimate of drug-likeness (QED) is 0.853. The van der Waals surface area contributed by atoms with Gasteiger partial charge in [-0.25, -0.2) is 8.42 Å². The fourth-order valence-electron chi connectivity index (χ4n) is 2.85. The van der Waals surface area contributed by atoms with E-state index in [9.17, 15) is 26.4 Å². The molecule has 1 aliphatic rings. The van der Waals surface area contributed by atoms with Crippen LogP contribution in [0.4, 0.5) is 18.9 Å². The highest BCUT2D eigenvalue weighted by Crippen LogP contribution is 2.30. The number of sulfonamides is 1. The molecular weight excluding hydrogens is 381 g/mol. The average Bonchev–Trinajstić information content (AvgIpc) is 3.17. The molecule has 0 radical (unpaired) electrons. The zero-order chi connectivity index (χ0) is 19.7. The summed E-state index contributed by atoms with van der Waals surface area (Å²) < 4.78 is 64.9. The molecule has 9 heteroatoms. The first-order valence-corrected chi connectivity index (χ1v) is 9.71. The number of anilines is 1. The highest BCUT2D eigenvalue weighted by molar-refractivity contribution is 7.89. The van der Waals surface area contributed by atoms with Crippen molar-refractivity contribution >= 4 is 21.6 Å². The molecule has 1 amide bonds. The lowest BCUT2D eigenvalue weighted by Gasteiger charge is -2.16. The van der Waals surface area contributed by atoms with E-state index in [4.69, 9.17) is 0 Å². The third-order valence-electron chi connectivity index (χ3n) is 4.25. The van der Waals surface area contributed by atoms with Crippen LogP contribution < -0.4 is 5.32 Å². The van der Waals surface area contributed by atoms with Gasteiger partial charge in [0.05, 0.1) is 10.5 Å². The average molecular weight is 398 g/mol. The van der Waals surface area contributed by atoms with Crippen LogP contribution in [0.3, 0.4) is 0 Å². The number of amides is 1. The first-order chi connectivity index (χ1) is 12.7. The van der Waals surface area contributed by atoms with Crippen LogP contribution in [0.1, 0.15) is 28.8 Å². The van der Waals surface area contributed by atoms with E-state index in [1.165, 1.54) is 34.6 Å². The lowest BCUT2D eigenvalue weighted by Crippen LogP contribution is -2.27. The molecule has 1 aliphatic heterocycles. The lowest BCUT2D eigenvalue weighted by molar-refractivity contribution is -0.137. The van der Waals surface area contributed by atoms with E-state index in [0.717, 1.165) is 31.0 Å². The molecule has 0 atom stereocenters. The van der Waals surface area contributed by atoms with E-state index in [-0.39, 0.29) is 16.1 Å². The monoisotopic (exact) mass is 398 g/mol. The summed E-state index contributed by atoms with van der Waals surface area (Å²) >= 11 is 0. The van der Waals surface area contributed by atoms with Gasteiger partial charge in [-0.05, 0) is 49.2 Å². The number of nitrogens with zero attached hydrogens (tertiary/aromatic N) is 1. The molecule has 2 aromatic rings. The second-order valence-electron chi connectivity index (χ2n) is 6.17. The molecule has 1 heterocycles. The highest BCUT2D eigenvalue weighted by Gasteiger charge is 2.31. The maximum atomic E-state index is 12.8. The van der Waals surface area contributed by atoms with Crippen molar-refractivity contribution in [3.05, 3.63) is 59.7 Å². The Labute approximate surface area is 154 Å². The Bertz CT molecular complexity index is 952. The maximum Gasteiger partial charge on any atom is 0.416 e. The van der Waals surface area contributed by atoms with Crippen molar-refractivity contribution in [1.29, 1.82) is 0 Å². The number of halogens is 3. The molecule has 0 bridgehead atoms. The number of hydrogen-bond donors (Lipinski definition) is 1. The smallest absolute Gasteiger partial charge is 0.322 e. The van der Waals surface area contributed by atoms with Crippen molar-refractivity contribution < 1.29 is 26.4 Å². The zero-order valence-electron chi connectivity index (χ0n) is 14.2. The second kappa shape index (κ2) is 7.32. The van der Waals surface area contributed by atoms with Crippen LogP contribution in [0, 0.1) is 0 Å². The van der Waals surface area contributed by atoms with E-state index in [1.807, 2.05) is 0 Å². The molecule has 144 valence electrons. The molecule has 3 rings (SSSR count). The van der Waals surface area contributed by atoms with Gasteiger partial charge in [0.15, 0.2) is 0 Å². The largest absolute Gasteiger partial charge is 0.416 e. The number of rotatable bonds is 4. The van der Waals surface area contributed by atoms with E-state index in [0.29, 0.717) is 13.1 Å². The molecule has 0 saturated carbocycles. The van der Waals surface area contributed by atoms with Crippen molar-refractivity contribution in [2.24, 2.45) is 0 Å². The minimum Gasteiger partial charge on any atom is -0.322 e. The lowest BCUT2D eigenvalue weighted by atomic mass is 10.1. The van der Waals surface area contributed by atoms with Crippen molar-refractivity contribution in [2.75, 3.05) is 18.4 Å². The third kappa shape index (κ3) is 4.30. The fraction of sp³-hybridized carbons (Fsp3) is 0.278. The summed E-state index contributed by atoms with van der Waals surface area (Å²) in [5, 5.41) is 2.45. The van der Waals surface area contributed by atoms with Gasteiger partial charge in [0, 0.05) is 24.3 Å². The van der Waals surface area contributed by atoms with Crippen LogP contribution in [0.25, 0.3) is 0 Å². The summed E-state index contributed by atoms with van der Waals surface area (Å²) in [5.41, 5.74) is -0.907. The first kappa shape index (κ1) is 19.4. The molecule has 0 aliphatic carbocycles. The Hall–Kier alpha value is -2.39. The molecule has 27 heavy (non-hydrogen) atoms. The van der Waals surface area contributed by atoms with Gasteiger partial charge in [-0.15, -0.1) is 0 Å². The minimum absolute atomic E-state index is 0.0336. The van der Waals surface area contributed by atoms with E-state index < -0.39 is 27.7 Å². The highest BCUT2D eigenvalue weighted by atomic mass is 32.2. The second-order valence-corrected chi connectivity index (χ2v) is 8.11. The van der Waals surface area contributed by atoms with Gasteiger partial charge < -0.3 is 5.32 Å². The Morgan fingerprint density at radius 1 is 1.00 bits per heavy atom. The number of carbonyl (C=O) groups excluding carboxylic acids is 1. The standard InChI is InChI=1S/C18H17F3N2O3S/c19-18(20,21)14-6-3-5-13(11-14)17(24)22-15-7-4-8-16(12-15)27(25,26)23-9-1-2-10-23/h3-8,11-12H,1-2,9-10H2,(H,22,24). The predicted octanol–water partition coefficient (Wildman–Crippen LogP) is 3.74. The third-order valence-corrected chi connectivity index (χ3v) is 6.14. The minimum atomic E-state index is -4.56. The Balaban J connectivity index is 1.81. The number of nitrogens with one attached hydrogen (secondary N) is 1. The van der Waals surface area contributed by atoms with Gasteiger partial charge in [-0.1, -0.05) is 12.1 Å². The summed E-state index contributed by atoms with van der Waals surface area (Å²) in [6.45, 7) is 0.895. The SMILES string of the molecule is O=C(Nc1cccc(S(=O)(=O)N2CCCC2)c1)c1cccc(C(F)(F)F)c1. The summed E-state index contributed by atoms with van der Waals surface area (Å²) in [6, 6.07) is 9.72. The van der Waals surface area contributed by atoms with Gasteiger partial charge >= 0.3 is 6.18 Å². The predicted molar refractivity (Wildman–Crippen MR) is 93.8 cm³/mol. The van der Waals surface area contributed by atoms with Crippen molar-refractivity contribution in [3.8, 4) is 0 Å². The van der Waals surface area contributed by atoms with Crippen molar-refractivity contribution in [3.63, 3.8) is 0 Å². The van der Waals surface area contributed by atoms with Gasteiger partial charge in [0.25, 0.3) is 5.91 Å². The molecule has 0 unspecified atom stereocenters. The van der Waals surface area contributed by atoms with Gasteiger partial charge in [0.2, 0.25) is 10.0 Å². The summed E-state index contributed by atoms with van der Waals surface area (Å²) in [4.78, 5) is 12.3. The van der Waals surface area contributed by atoms with E-state index in [2.05, 4.69) is 5.32 Å². The number of alkyl halides is 3. The molecular formula is C18H17F3N2O3S. The zero-order valence-corrected chi connectivity index (χ0v) is 15.0. The maximum absolute atomic E-state index is 12.8. The molecule has 0 aromatic heterocycles. The van der Waals surface area contributed by atoms with Crippen LogP contribution in [0.2, 0.25) is 0 Å². The van der Waals surface area contributed by atoms with Crippen molar-refractivity contribution in [1.82, 2.24) is 4.31 Å².